The maximum absolute atomic E-state index is 12.1. The molecule has 1 aromatic rings. The van der Waals surface area contributed by atoms with E-state index in [9.17, 15) is 9.59 Å². The quantitative estimate of drug-likeness (QED) is 0.768. The predicted octanol–water partition coefficient (Wildman–Crippen LogP) is 4.09. The summed E-state index contributed by atoms with van der Waals surface area (Å²) in [6.07, 6.45) is 2.73. The lowest BCUT2D eigenvalue weighted by Crippen LogP contribution is -2.19. The lowest BCUT2D eigenvalue weighted by molar-refractivity contribution is -0.155. The standard InChI is InChI=1S/C16H19ClO3/c1-2-5-15(13-6-3-4-7-14(13)17)20-16(19)11-8-9-12(18)10-11/h3-4,6-7,11,15H,2,5,8-10H2,1H3. The number of carbonyl (C=O) groups excluding carboxylic acids is 2. The van der Waals surface area contributed by atoms with Crippen LogP contribution in [-0.2, 0) is 14.3 Å². The molecule has 4 heteroatoms. The van der Waals surface area contributed by atoms with Crippen LogP contribution in [0.2, 0.25) is 5.02 Å². The van der Waals surface area contributed by atoms with Gasteiger partial charge >= 0.3 is 5.97 Å². The van der Waals surface area contributed by atoms with E-state index in [1.54, 1.807) is 6.07 Å². The highest BCUT2D eigenvalue weighted by Crippen LogP contribution is 2.32. The van der Waals surface area contributed by atoms with Gasteiger partial charge in [-0.2, -0.15) is 0 Å². The van der Waals surface area contributed by atoms with Gasteiger partial charge in [-0.15, -0.1) is 0 Å². The zero-order valence-corrected chi connectivity index (χ0v) is 12.4. The second-order valence-electron chi connectivity index (χ2n) is 5.21. The van der Waals surface area contributed by atoms with Crippen LogP contribution in [0.4, 0.5) is 0 Å². The van der Waals surface area contributed by atoms with Crippen molar-refractivity contribution in [1.82, 2.24) is 0 Å². The van der Waals surface area contributed by atoms with Gasteiger partial charge in [0.15, 0.2) is 0 Å². The van der Waals surface area contributed by atoms with Crippen LogP contribution in [0, 0.1) is 5.92 Å². The summed E-state index contributed by atoms with van der Waals surface area (Å²) < 4.78 is 5.61. The first-order chi connectivity index (χ1) is 9.61. The Morgan fingerprint density at radius 2 is 2.20 bits per heavy atom. The number of hydrogen-bond donors (Lipinski definition) is 0. The molecule has 108 valence electrons. The summed E-state index contributed by atoms with van der Waals surface area (Å²) in [5.74, 6) is -0.393. The SMILES string of the molecule is CCCC(OC(=O)C1CCC(=O)C1)c1ccccc1Cl. The smallest absolute Gasteiger partial charge is 0.310 e. The minimum Gasteiger partial charge on any atom is -0.457 e. The molecule has 1 aliphatic rings. The molecule has 2 unspecified atom stereocenters. The number of benzene rings is 1. The summed E-state index contributed by atoms with van der Waals surface area (Å²) in [6, 6.07) is 7.42. The van der Waals surface area contributed by atoms with Gasteiger partial charge in [0, 0.05) is 23.4 Å². The summed E-state index contributed by atoms with van der Waals surface area (Å²) in [4.78, 5) is 23.4. The summed E-state index contributed by atoms with van der Waals surface area (Å²) in [5, 5.41) is 0.612. The van der Waals surface area contributed by atoms with Crippen LogP contribution in [0.1, 0.15) is 50.7 Å². The van der Waals surface area contributed by atoms with Crippen LogP contribution in [0.5, 0.6) is 0 Å². The third kappa shape index (κ3) is 3.60. The summed E-state index contributed by atoms with van der Waals surface area (Å²) >= 11 is 6.18. The van der Waals surface area contributed by atoms with E-state index in [0.717, 1.165) is 18.4 Å². The average molecular weight is 295 g/mol. The second kappa shape index (κ2) is 6.89. The second-order valence-corrected chi connectivity index (χ2v) is 5.62. The van der Waals surface area contributed by atoms with E-state index < -0.39 is 0 Å². The molecule has 0 saturated heterocycles. The van der Waals surface area contributed by atoms with Gasteiger partial charge in [0.1, 0.15) is 11.9 Å². The van der Waals surface area contributed by atoms with Crippen molar-refractivity contribution in [3.8, 4) is 0 Å². The van der Waals surface area contributed by atoms with Crippen molar-refractivity contribution in [3.63, 3.8) is 0 Å². The fourth-order valence-electron chi connectivity index (χ4n) is 2.53. The molecular formula is C16H19ClO3. The molecule has 2 rings (SSSR count). The van der Waals surface area contributed by atoms with E-state index in [2.05, 4.69) is 0 Å². The molecule has 20 heavy (non-hydrogen) atoms. The largest absolute Gasteiger partial charge is 0.457 e. The molecular weight excluding hydrogens is 276 g/mol. The molecule has 1 aromatic carbocycles. The number of hydrogen-bond acceptors (Lipinski definition) is 3. The Labute approximate surface area is 124 Å². The number of ketones is 1. The fraction of sp³-hybridized carbons (Fsp3) is 0.500. The molecule has 0 heterocycles. The molecule has 2 atom stereocenters. The number of carbonyl (C=O) groups is 2. The molecule has 0 N–H and O–H groups in total. The van der Waals surface area contributed by atoms with Crippen molar-refractivity contribution in [3.05, 3.63) is 34.9 Å². The van der Waals surface area contributed by atoms with E-state index in [0.29, 0.717) is 24.3 Å². The first-order valence-electron chi connectivity index (χ1n) is 7.08. The normalized spacial score (nSPS) is 19.9. The van der Waals surface area contributed by atoms with E-state index in [4.69, 9.17) is 16.3 Å². The Morgan fingerprint density at radius 3 is 2.80 bits per heavy atom. The maximum Gasteiger partial charge on any atom is 0.310 e. The Hall–Kier alpha value is -1.35. The molecule has 1 aliphatic carbocycles. The summed E-state index contributed by atoms with van der Waals surface area (Å²) in [6.45, 7) is 2.04. The predicted molar refractivity (Wildman–Crippen MR) is 77.5 cm³/mol. The molecule has 3 nitrogen and oxygen atoms in total. The van der Waals surface area contributed by atoms with Crippen LogP contribution in [0.25, 0.3) is 0 Å². The van der Waals surface area contributed by atoms with Crippen molar-refractivity contribution in [2.75, 3.05) is 0 Å². The average Bonchev–Trinajstić information content (AvgIpc) is 2.86. The number of rotatable bonds is 5. The molecule has 0 aliphatic heterocycles. The van der Waals surface area contributed by atoms with Crippen LogP contribution < -0.4 is 0 Å². The lowest BCUT2D eigenvalue weighted by atomic mass is 10.0. The van der Waals surface area contributed by atoms with E-state index >= 15 is 0 Å². The molecule has 0 amide bonds. The van der Waals surface area contributed by atoms with Gasteiger partial charge in [0.05, 0.1) is 5.92 Å². The monoisotopic (exact) mass is 294 g/mol. The highest BCUT2D eigenvalue weighted by atomic mass is 35.5. The molecule has 0 radical (unpaired) electrons. The van der Waals surface area contributed by atoms with Crippen LogP contribution in [-0.4, -0.2) is 11.8 Å². The zero-order chi connectivity index (χ0) is 14.5. The van der Waals surface area contributed by atoms with Crippen molar-refractivity contribution in [1.29, 1.82) is 0 Å². The lowest BCUT2D eigenvalue weighted by Gasteiger charge is -2.20. The third-order valence-corrected chi connectivity index (χ3v) is 3.98. The number of Topliss-reactive ketones (excluding diaryl/α,β-unsaturated/α-hetero) is 1. The van der Waals surface area contributed by atoms with Crippen LogP contribution >= 0.6 is 11.6 Å². The maximum atomic E-state index is 12.1. The van der Waals surface area contributed by atoms with Gasteiger partial charge in [-0.3, -0.25) is 9.59 Å². The Bertz CT molecular complexity index is 498. The van der Waals surface area contributed by atoms with Gasteiger partial charge in [-0.05, 0) is 18.9 Å². The molecule has 1 saturated carbocycles. The molecule has 0 aromatic heterocycles. The highest BCUT2D eigenvalue weighted by molar-refractivity contribution is 6.31. The molecule has 0 bridgehead atoms. The van der Waals surface area contributed by atoms with E-state index in [1.807, 2.05) is 25.1 Å². The first-order valence-corrected chi connectivity index (χ1v) is 7.46. The number of halogens is 1. The number of esters is 1. The fourth-order valence-corrected chi connectivity index (χ4v) is 2.79. The van der Waals surface area contributed by atoms with Gasteiger partial charge in [-0.25, -0.2) is 0 Å². The van der Waals surface area contributed by atoms with Crippen molar-refractivity contribution < 1.29 is 14.3 Å². The van der Waals surface area contributed by atoms with E-state index in [1.165, 1.54) is 0 Å². The zero-order valence-electron chi connectivity index (χ0n) is 11.6. The Kier molecular flexibility index (Phi) is 5.18. The van der Waals surface area contributed by atoms with Gasteiger partial charge < -0.3 is 4.74 Å². The van der Waals surface area contributed by atoms with Gasteiger partial charge in [0.2, 0.25) is 0 Å². The third-order valence-electron chi connectivity index (χ3n) is 3.64. The van der Waals surface area contributed by atoms with Crippen molar-refractivity contribution in [2.24, 2.45) is 5.92 Å². The summed E-state index contributed by atoms with van der Waals surface area (Å²) in [7, 11) is 0. The molecule has 0 spiro atoms. The minimum atomic E-state index is -0.322. The Balaban J connectivity index is 2.08. The van der Waals surface area contributed by atoms with E-state index in [-0.39, 0.29) is 23.8 Å². The summed E-state index contributed by atoms with van der Waals surface area (Å²) in [5.41, 5.74) is 0.841. The van der Waals surface area contributed by atoms with Crippen LogP contribution in [0.3, 0.4) is 0 Å². The minimum absolute atomic E-state index is 0.150. The Morgan fingerprint density at radius 1 is 1.45 bits per heavy atom. The van der Waals surface area contributed by atoms with Gasteiger partial charge in [-0.1, -0.05) is 43.1 Å². The van der Waals surface area contributed by atoms with Gasteiger partial charge in [0.25, 0.3) is 0 Å². The van der Waals surface area contributed by atoms with Crippen molar-refractivity contribution in [2.45, 2.75) is 45.1 Å². The molecule has 1 fully saturated rings. The number of ether oxygens (including phenoxy) is 1. The highest BCUT2D eigenvalue weighted by Gasteiger charge is 2.31. The first kappa shape index (κ1) is 15.0. The van der Waals surface area contributed by atoms with Crippen LogP contribution in [0.15, 0.2) is 24.3 Å². The topological polar surface area (TPSA) is 43.4 Å². The van der Waals surface area contributed by atoms with Crippen molar-refractivity contribution >= 4 is 23.4 Å².